The van der Waals surface area contributed by atoms with Gasteiger partial charge < -0.3 is 11.1 Å². The molecule has 0 saturated carbocycles. The van der Waals surface area contributed by atoms with Gasteiger partial charge >= 0.3 is 5.69 Å². The zero-order valence-corrected chi connectivity index (χ0v) is 10.3. The Morgan fingerprint density at radius 3 is 2.63 bits per heavy atom. The molecule has 2 aromatic rings. The number of hydrogen-bond donors (Lipinski definition) is 2. The van der Waals surface area contributed by atoms with Gasteiger partial charge in [-0.05, 0) is 12.5 Å². The second-order valence-corrected chi connectivity index (χ2v) is 3.99. The van der Waals surface area contributed by atoms with Crippen molar-refractivity contribution >= 4 is 17.3 Å². The number of nitrogens with zero attached hydrogens (tertiary/aromatic N) is 3. The van der Waals surface area contributed by atoms with E-state index in [4.69, 9.17) is 5.73 Å². The summed E-state index contributed by atoms with van der Waals surface area (Å²) in [5, 5.41) is 13.9. The number of nitro groups is 1. The molecule has 0 saturated heterocycles. The minimum atomic E-state index is -0.588. The van der Waals surface area contributed by atoms with E-state index in [2.05, 4.69) is 15.3 Å². The standard InChI is InChI=1S/C12H13N5O2/c1-8(9-5-3-2-4-6-9)16-12-10(17(18)19)11(13)14-7-15-12/h2-8H,1H3,(H3,13,14,15,16)/t8-/m1/s1. The molecule has 1 aromatic carbocycles. The van der Waals surface area contributed by atoms with E-state index in [9.17, 15) is 10.1 Å². The first-order chi connectivity index (χ1) is 9.09. The third-order valence-corrected chi connectivity index (χ3v) is 2.69. The number of anilines is 2. The smallest absolute Gasteiger partial charge is 0.353 e. The summed E-state index contributed by atoms with van der Waals surface area (Å²) in [5.41, 5.74) is 6.20. The second-order valence-electron chi connectivity index (χ2n) is 3.99. The second kappa shape index (κ2) is 5.30. The van der Waals surface area contributed by atoms with Crippen LogP contribution < -0.4 is 11.1 Å². The molecule has 0 radical (unpaired) electrons. The summed E-state index contributed by atoms with van der Waals surface area (Å²) in [5.74, 6) is -0.0309. The van der Waals surface area contributed by atoms with E-state index in [0.29, 0.717) is 0 Å². The number of benzene rings is 1. The van der Waals surface area contributed by atoms with Gasteiger partial charge in [0.2, 0.25) is 11.6 Å². The average Bonchev–Trinajstić information content (AvgIpc) is 2.39. The predicted molar refractivity (Wildman–Crippen MR) is 71.6 cm³/mol. The van der Waals surface area contributed by atoms with Crippen molar-refractivity contribution in [1.82, 2.24) is 9.97 Å². The van der Waals surface area contributed by atoms with Crippen molar-refractivity contribution in [2.45, 2.75) is 13.0 Å². The molecule has 7 heteroatoms. The van der Waals surface area contributed by atoms with Crippen molar-refractivity contribution < 1.29 is 4.92 Å². The van der Waals surface area contributed by atoms with Crippen molar-refractivity contribution in [1.29, 1.82) is 0 Å². The highest BCUT2D eigenvalue weighted by atomic mass is 16.6. The number of rotatable bonds is 4. The highest BCUT2D eigenvalue weighted by Crippen LogP contribution is 2.29. The molecule has 98 valence electrons. The first-order valence-corrected chi connectivity index (χ1v) is 5.66. The summed E-state index contributed by atoms with van der Waals surface area (Å²) in [6, 6.07) is 9.42. The van der Waals surface area contributed by atoms with E-state index in [1.807, 2.05) is 37.3 Å². The average molecular weight is 259 g/mol. The van der Waals surface area contributed by atoms with E-state index in [1.165, 1.54) is 6.33 Å². The van der Waals surface area contributed by atoms with Gasteiger partial charge in [0.1, 0.15) is 6.33 Å². The van der Waals surface area contributed by atoms with Gasteiger partial charge in [-0.2, -0.15) is 0 Å². The fourth-order valence-electron chi connectivity index (χ4n) is 1.71. The van der Waals surface area contributed by atoms with Crippen molar-refractivity contribution in [3.05, 3.63) is 52.3 Å². The van der Waals surface area contributed by atoms with Gasteiger partial charge in [-0.25, -0.2) is 9.97 Å². The van der Waals surface area contributed by atoms with E-state index < -0.39 is 4.92 Å². The van der Waals surface area contributed by atoms with E-state index in [0.717, 1.165) is 5.56 Å². The Morgan fingerprint density at radius 2 is 2.00 bits per heavy atom. The summed E-state index contributed by atoms with van der Waals surface area (Å²) < 4.78 is 0. The van der Waals surface area contributed by atoms with Crippen LogP contribution in [0.5, 0.6) is 0 Å². The summed E-state index contributed by atoms with van der Waals surface area (Å²) in [4.78, 5) is 17.9. The van der Waals surface area contributed by atoms with Gasteiger partial charge in [-0.1, -0.05) is 30.3 Å². The van der Waals surface area contributed by atoms with Crippen LogP contribution in [-0.4, -0.2) is 14.9 Å². The fraction of sp³-hybridized carbons (Fsp3) is 0.167. The lowest BCUT2D eigenvalue weighted by molar-refractivity contribution is -0.383. The normalized spacial score (nSPS) is 11.8. The molecule has 0 aliphatic heterocycles. The minimum absolute atomic E-state index is 0.119. The maximum atomic E-state index is 11.0. The van der Waals surface area contributed by atoms with Gasteiger partial charge in [0.15, 0.2) is 0 Å². The van der Waals surface area contributed by atoms with Gasteiger partial charge in [0.05, 0.1) is 11.0 Å². The maximum absolute atomic E-state index is 11.0. The largest absolute Gasteiger partial charge is 0.378 e. The Kier molecular flexibility index (Phi) is 3.56. The maximum Gasteiger partial charge on any atom is 0.353 e. The monoisotopic (exact) mass is 259 g/mol. The highest BCUT2D eigenvalue weighted by molar-refractivity contribution is 5.67. The molecule has 1 heterocycles. The number of nitrogens with one attached hydrogen (secondary N) is 1. The molecule has 0 aliphatic rings. The fourth-order valence-corrected chi connectivity index (χ4v) is 1.71. The van der Waals surface area contributed by atoms with Crippen molar-refractivity contribution in [2.24, 2.45) is 0 Å². The van der Waals surface area contributed by atoms with Crippen LogP contribution in [0.25, 0.3) is 0 Å². The Balaban J connectivity index is 2.29. The van der Waals surface area contributed by atoms with Crippen molar-refractivity contribution in [2.75, 3.05) is 11.1 Å². The predicted octanol–water partition coefficient (Wildman–Crippen LogP) is 2.14. The SMILES string of the molecule is C[C@@H](Nc1ncnc(N)c1[N+](=O)[O-])c1ccccc1. The van der Waals surface area contributed by atoms with Crippen LogP contribution >= 0.6 is 0 Å². The molecule has 3 N–H and O–H groups in total. The quantitative estimate of drug-likeness (QED) is 0.643. The lowest BCUT2D eigenvalue weighted by atomic mass is 10.1. The first kappa shape index (κ1) is 12.7. The number of hydrogen-bond acceptors (Lipinski definition) is 6. The van der Waals surface area contributed by atoms with Crippen LogP contribution in [0.15, 0.2) is 36.7 Å². The zero-order chi connectivity index (χ0) is 13.8. The van der Waals surface area contributed by atoms with E-state index in [1.54, 1.807) is 0 Å². The summed E-state index contributed by atoms with van der Waals surface area (Å²) in [6.07, 6.45) is 1.20. The van der Waals surface area contributed by atoms with Gasteiger partial charge in [-0.3, -0.25) is 10.1 Å². The van der Waals surface area contributed by atoms with Crippen molar-refractivity contribution in [3.8, 4) is 0 Å². The van der Waals surface area contributed by atoms with Crippen LogP contribution in [0.3, 0.4) is 0 Å². The third kappa shape index (κ3) is 2.76. The van der Waals surface area contributed by atoms with Gasteiger partial charge in [0.25, 0.3) is 0 Å². The topological polar surface area (TPSA) is 107 Å². The van der Waals surface area contributed by atoms with E-state index >= 15 is 0 Å². The van der Waals surface area contributed by atoms with Crippen molar-refractivity contribution in [3.63, 3.8) is 0 Å². The lowest BCUT2D eigenvalue weighted by Crippen LogP contribution is -2.11. The first-order valence-electron chi connectivity index (χ1n) is 5.66. The van der Waals surface area contributed by atoms with Gasteiger partial charge in [0, 0.05) is 0 Å². The molecule has 1 aromatic heterocycles. The molecular formula is C12H13N5O2. The minimum Gasteiger partial charge on any atom is -0.378 e. The molecule has 0 spiro atoms. The molecule has 19 heavy (non-hydrogen) atoms. The molecule has 7 nitrogen and oxygen atoms in total. The Labute approximate surface area is 109 Å². The molecule has 0 unspecified atom stereocenters. The highest BCUT2D eigenvalue weighted by Gasteiger charge is 2.22. The Morgan fingerprint density at radius 1 is 1.32 bits per heavy atom. The number of nitrogen functional groups attached to an aromatic ring is 1. The lowest BCUT2D eigenvalue weighted by Gasteiger charge is -2.14. The molecule has 0 bridgehead atoms. The van der Waals surface area contributed by atoms with Crippen LogP contribution in [0.4, 0.5) is 17.3 Å². The van der Waals surface area contributed by atoms with Gasteiger partial charge in [-0.15, -0.1) is 0 Å². The van der Waals surface area contributed by atoms with Crippen LogP contribution in [-0.2, 0) is 0 Å². The Hall–Kier alpha value is -2.70. The molecule has 0 amide bonds. The molecule has 2 rings (SSSR count). The number of aromatic nitrogens is 2. The summed E-state index contributed by atoms with van der Waals surface area (Å²) in [7, 11) is 0. The molecular weight excluding hydrogens is 246 g/mol. The third-order valence-electron chi connectivity index (χ3n) is 2.69. The molecule has 1 atom stereocenters. The molecule has 0 aliphatic carbocycles. The summed E-state index contributed by atoms with van der Waals surface area (Å²) >= 11 is 0. The number of nitrogens with two attached hydrogens (primary N) is 1. The molecule has 0 fully saturated rings. The Bertz CT molecular complexity index is 588. The summed E-state index contributed by atoms with van der Waals surface area (Å²) in [6.45, 7) is 1.89. The van der Waals surface area contributed by atoms with Crippen LogP contribution in [0, 0.1) is 10.1 Å². The van der Waals surface area contributed by atoms with Crippen LogP contribution in [0.1, 0.15) is 18.5 Å². The van der Waals surface area contributed by atoms with E-state index in [-0.39, 0.29) is 23.4 Å². The van der Waals surface area contributed by atoms with Crippen LogP contribution in [0.2, 0.25) is 0 Å². The zero-order valence-electron chi connectivity index (χ0n) is 10.3.